The third-order valence-corrected chi connectivity index (χ3v) is 3.39. The maximum Gasteiger partial charge on any atom is 0.337 e. The number of carboxylic acid groups (broad SMARTS) is 1. The van der Waals surface area contributed by atoms with Gasteiger partial charge in [-0.25, -0.2) is 4.79 Å². The number of ether oxygens (including phenoxy) is 1. The number of nitroso groups, excluding NO2 is 1. The van der Waals surface area contributed by atoms with Gasteiger partial charge in [-0.15, -0.1) is 0 Å². The Morgan fingerprint density at radius 2 is 2.00 bits per heavy atom. The van der Waals surface area contributed by atoms with Crippen molar-refractivity contribution in [3.8, 4) is 5.75 Å². The van der Waals surface area contributed by atoms with Crippen molar-refractivity contribution in [2.45, 2.75) is 6.54 Å². The average molecular weight is 340 g/mol. The van der Waals surface area contributed by atoms with Crippen LogP contribution in [0.4, 0.5) is 5.69 Å². The molecule has 0 aromatic heterocycles. The first-order valence-corrected chi connectivity index (χ1v) is 7.32. The molecule has 1 amide bonds. The normalized spacial score (nSPS) is 10.4. The van der Waals surface area contributed by atoms with Gasteiger partial charge in [0.15, 0.2) is 0 Å². The maximum absolute atomic E-state index is 12.0. The highest BCUT2D eigenvalue weighted by molar-refractivity contribution is 6.06. The average Bonchev–Trinajstić information content (AvgIpc) is 2.61. The third-order valence-electron chi connectivity index (χ3n) is 3.39. The summed E-state index contributed by atoms with van der Waals surface area (Å²) in [5.74, 6) is -1.09. The predicted molar refractivity (Wildman–Crippen MR) is 93.6 cm³/mol. The van der Waals surface area contributed by atoms with Crippen LogP contribution in [0, 0.1) is 4.91 Å². The van der Waals surface area contributed by atoms with Crippen molar-refractivity contribution >= 4 is 23.6 Å². The van der Waals surface area contributed by atoms with Gasteiger partial charge in [-0.3, -0.25) is 4.79 Å². The molecule has 0 aliphatic heterocycles. The molecule has 0 fully saturated rings. The summed E-state index contributed by atoms with van der Waals surface area (Å²) >= 11 is 0. The zero-order chi connectivity index (χ0) is 18.2. The first-order chi connectivity index (χ1) is 12.0. The Balaban J connectivity index is 2.13. The fourth-order valence-corrected chi connectivity index (χ4v) is 2.19. The van der Waals surface area contributed by atoms with E-state index in [2.05, 4.69) is 10.5 Å². The number of rotatable bonds is 7. The lowest BCUT2D eigenvalue weighted by Gasteiger charge is -2.07. The largest absolute Gasteiger partial charge is 0.496 e. The summed E-state index contributed by atoms with van der Waals surface area (Å²) < 4.78 is 5.18. The van der Waals surface area contributed by atoms with E-state index in [1.807, 2.05) is 0 Å². The van der Waals surface area contributed by atoms with Crippen LogP contribution in [-0.4, -0.2) is 24.1 Å². The molecule has 0 spiro atoms. The molecule has 7 nitrogen and oxygen atoms in total. The number of carboxylic acids is 1. The Kier molecular flexibility index (Phi) is 6.00. The number of aromatic carboxylic acids is 1. The lowest BCUT2D eigenvalue weighted by atomic mass is 10.1. The Morgan fingerprint density at radius 3 is 2.68 bits per heavy atom. The molecule has 0 atom stereocenters. The van der Waals surface area contributed by atoms with E-state index >= 15 is 0 Å². The van der Waals surface area contributed by atoms with Gasteiger partial charge in [-0.05, 0) is 29.8 Å². The number of amides is 1. The van der Waals surface area contributed by atoms with Gasteiger partial charge in [-0.1, -0.05) is 29.4 Å². The monoisotopic (exact) mass is 340 g/mol. The van der Waals surface area contributed by atoms with Gasteiger partial charge >= 0.3 is 5.97 Å². The molecule has 2 rings (SSSR count). The van der Waals surface area contributed by atoms with Crippen molar-refractivity contribution in [1.82, 2.24) is 0 Å². The third kappa shape index (κ3) is 4.74. The summed E-state index contributed by atoms with van der Waals surface area (Å²) in [5.41, 5.74) is 1.56. The molecule has 0 aliphatic rings. The van der Waals surface area contributed by atoms with Crippen molar-refractivity contribution in [3.05, 3.63) is 70.1 Å². The second-order valence-corrected chi connectivity index (χ2v) is 5.03. The van der Waals surface area contributed by atoms with Crippen LogP contribution in [0.2, 0.25) is 0 Å². The van der Waals surface area contributed by atoms with Crippen LogP contribution in [0.25, 0.3) is 6.08 Å². The highest BCUT2D eigenvalue weighted by Crippen LogP contribution is 2.22. The first-order valence-electron chi connectivity index (χ1n) is 7.32. The summed E-state index contributed by atoms with van der Waals surface area (Å²) in [6, 6.07) is 11.2. The van der Waals surface area contributed by atoms with Gasteiger partial charge in [0, 0.05) is 11.6 Å². The number of anilines is 1. The van der Waals surface area contributed by atoms with E-state index in [-0.39, 0.29) is 17.8 Å². The molecule has 0 aliphatic carbocycles. The van der Waals surface area contributed by atoms with Gasteiger partial charge in [-0.2, -0.15) is 4.91 Å². The molecule has 0 bridgehead atoms. The van der Waals surface area contributed by atoms with Crippen molar-refractivity contribution in [1.29, 1.82) is 0 Å². The predicted octanol–water partition coefficient (Wildman–Crippen LogP) is 3.31. The van der Waals surface area contributed by atoms with Gasteiger partial charge < -0.3 is 15.2 Å². The number of hydrogen-bond donors (Lipinski definition) is 2. The summed E-state index contributed by atoms with van der Waals surface area (Å²) in [7, 11) is 1.48. The van der Waals surface area contributed by atoms with E-state index in [9.17, 15) is 14.5 Å². The number of para-hydroxylation sites is 1. The highest BCUT2D eigenvalue weighted by atomic mass is 16.5. The smallest absolute Gasteiger partial charge is 0.337 e. The lowest BCUT2D eigenvalue weighted by Crippen LogP contribution is -2.11. The molecular weight excluding hydrogens is 324 g/mol. The van der Waals surface area contributed by atoms with E-state index in [4.69, 9.17) is 9.84 Å². The molecule has 0 saturated heterocycles. The van der Waals surface area contributed by atoms with Gasteiger partial charge in [0.1, 0.15) is 12.3 Å². The summed E-state index contributed by atoms with van der Waals surface area (Å²) in [4.78, 5) is 33.5. The van der Waals surface area contributed by atoms with Gasteiger partial charge in [0.05, 0.1) is 18.4 Å². The molecule has 0 saturated carbocycles. The van der Waals surface area contributed by atoms with Crippen molar-refractivity contribution in [2.24, 2.45) is 5.18 Å². The Labute approximate surface area is 143 Å². The van der Waals surface area contributed by atoms with E-state index in [1.54, 1.807) is 36.4 Å². The number of hydrogen-bond acceptors (Lipinski definition) is 5. The van der Waals surface area contributed by atoms with Crippen molar-refractivity contribution in [2.75, 3.05) is 12.4 Å². The number of benzene rings is 2. The zero-order valence-electron chi connectivity index (χ0n) is 13.4. The van der Waals surface area contributed by atoms with Crippen LogP contribution in [0.15, 0.2) is 53.7 Å². The second kappa shape index (κ2) is 8.39. The molecule has 2 aromatic carbocycles. The van der Waals surface area contributed by atoms with Crippen LogP contribution in [-0.2, 0) is 11.3 Å². The SMILES string of the molecule is COc1cc(/C=C/C(=O)Nc2ccccc2C(=O)O)ccc1CN=O. The van der Waals surface area contributed by atoms with E-state index in [0.717, 1.165) is 0 Å². The molecule has 7 heteroatoms. The molecular formula is C18H16N2O5. The lowest BCUT2D eigenvalue weighted by molar-refractivity contribution is -0.111. The van der Waals surface area contributed by atoms with Crippen LogP contribution < -0.4 is 10.1 Å². The van der Waals surface area contributed by atoms with Crippen molar-refractivity contribution < 1.29 is 19.4 Å². The minimum absolute atomic E-state index is 0.000371. The second-order valence-electron chi connectivity index (χ2n) is 5.03. The van der Waals surface area contributed by atoms with Crippen LogP contribution in [0.1, 0.15) is 21.5 Å². The summed E-state index contributed by atoms with van der Waals surface area (Å²) in [6.07, 6.45) is 2.84. The van der Waals surface area contributed by atoms with Crippen molar-refractivity contribution in [3.63, 3.8) is 0 Å². The maximum atomic E-state index is 12.0. The van der Waals surface area contributed by atoms with Gasteiger partial charge in [0.2, 0.25) is 5.91 Å². The van der Waals surface area contributed by atoms with E-state index in [0.29, 0.717) is 16.9 Å². The van der Waals surface area contributed by atoms with Gasteiger partial charge in [0.25, 0.3) is 0 Å². The van der Waals surface area contributed by atoms with Crippen LogP contribution in [0.5, 0.6) is 5.75 Å². The number of nitrogens with zero attached hydrogens (tertiary/aromatic N) is 1. The summed E-state index contributed by atoms with van der Waals surface area (Å²) in [6.45, 7) is -0.000371. The quantitative estimate of drug-likeness (QED) is 0.594. The first kappa shape index (κ1) is 17.9. The van der Waals surface area contributed by atoms with Crippen LogP contribution in [0.3, 0.4) is 0 Å². The number of methoxy groups -OCH3 is 1. The molecule has 128 valence electrons. The Hall–Kier alpha value is -3.48. The molecule has 2 N–H and O–H groups in total. The summed E-state index contributed by atoms with van der Waals surface area (Å²) in [5, 5.41) is 14.5. The molecule has 2 aromatic rings. The minimum atomic E-state index is -1.12. The van der Waals surface area contributed by atoms with E-state index in [1.165, 1.54) is 25.3 Å². The molecule has 0 radical (unpaired) electrons. The topological polar surface area (TPSA) is 105 Å². The van der Waals surface area contributed by atoms with Crippen LogP contribution >= 0.6 is 0 Å². The molecule has 25 heavy (non-hydrogen) atoms. The number of carbonyl (C=O) groups excluding carboxylic acids is 1. The fraction of sp³-hybridized carbons (Fsp3) is 0.111. The fourth-order valence-electron chi connectivity index (χ4n) is 2.19. The molecule has 0 unspecified atom stereocenters. The minimum Gasteiger partial charge on any atom is -0.496 e. The highest BCUT2D eigenvalue weighted by Gasteiger charge is 2.10. The van der Waals surface area contributed by atoms with E-state index < -0.39 is 11.9 Å². The Bertz CT molecular complexity index is 830. The number of carbonyl (C=O) groups is 2. The Morgan fingerprint density at radius 1 is 1.24 bits per heavy atom. The zero-order valence-corrected chi connectivity index (χ0v) is 13.4. The molecule has 0 heterocycles. The standard InChI is InChI=1S/C18H16N2O5/c1-25-16-10-12(6-8-13(16)11-19-24)7-9-17(21)20-15-5-3-2-4-14(15)18(22)23/h2-10H,11H2,1H3,(H,20,21)(H,22,23)/b9-7+. The number of nitrogens with one attached hydrogen (secondary N) is 1.